The van der Waals surface area contributed by atoms with Crippen molar-refractivity contribution < 1.29 is 24.2 Å². The summed E-state index contributed by atoms with van der Waals surface area (Å²) in [6.45, 7) is 7.49. The first-order chi connectivity index (χ1) is 8.59. The molecule has 0 aliphatic heterocycles. The van der Waals surface area contributed by atoms with Gasteiger partial charge in [0, 0.05) is 0 Å². The fraction of sp³-hybridized carbons (Fsp3) is 0.833. The van der Waals surface area contributed by atoms with Gasteiger partial charge in [0.15, 0.2) is 6.10 Å². The highest BCUT2D eigenvalue weighted by Crippen LogP contribution is 2.28. The molecule has 1 atom stereocenters. The van der Waals surface area contributed by atoms with Crippen molar-refractivity contribution in [2.45, 2.75) is 38.1 Å². The van der Waals surface area contributed by atoms with Crippen LogP contribution in [0.5, 0.6) is 0 Å². The minimum Gasteiger partial charge on any atom is -0.463 e. The molecule has 0 amide bonds. The Balaban J connectivity index is 4.52. The summed E-state index contributed by atoms with van der Waals surface area (Å²) in [6, 6.07) is 0. The van der Waals surface area contributed by atoms with E-state index in [9.17, 15) is 14.7 Å². The van der Waals surface area contributed by atoms with E-state index in [0.29, 0.717) is 0 Å². The molecule has 0 aliphatic rings. The summed E-state index contributed by atoms with van der Waals surface area (Å²) in [7, 11) is 0. The van der Waals surface area contributed by atoms with E-state index in [0.717, 1.165) is 0 Å². The number of aliphatic hydroxyl groups is 1. The third-order valence-electron chi connectivity index (χ3n) is 1.95. The zero-order valence-corrected chi connectivity index (χ0v) is 13.0. The van der Waals surface area contributed by atoms with Crippen molar-refractivity contribution in [2.75, 3.05) is 13.2 Å². The van der Waals surface area contributed by atoms with Gasteiger partial charge in [-0.1, -0.05) is 50.9 Å². The average molecular weight is 315 g/mol. The second-order valence-electron chi connectivity index (χ2n) is 5.04. The van der Waals surface area contributed by atoms with Gasteiger partial charge in [0.05, 0.1) is 13.2 Å². The maximum absolute atomic E-state index is 11.6. The van der Waals surface area contributed by atoms with E-state index in [2.05, 4.69) is 0 Å². The Morgan fingerprint density at radius 3 is 1.89 bits per heavy atom. The second-order valence-corrected chi connectivity index (χ2v) is 6.43. The van der Waals surface area contributed by atoms with Gasteiger partial charge in [-0.25, -0.2) is 9.59 Å². The molecule has 0 bridgehead atoms. The molecule has 0 spiro atoms. The number of ether oxygens (including phenoxy) is 2. The van der Waals surface area contributed by atoms with E-state index in [1.807, 2.05) is 27.7 Å². The van der Waals surface area contributed by atoms with Crippen molar-refractivity contribution in [2.24, 2.45) is 11.8 Å². The molecular weight excluding hydrogens is 295 g/mol. The van der Waals surface area contributed by atoms with Gasteiger partial charge < -0.3 is 14.6 Å². The topological polar surface area (TPSA) is 72.8 Å². The molecule has 19 heavy (non-hydrogen) atoms. The molecule has 0 aromatic heterocycles. The number of halogens is 2. The van der Waals surface area contributed by atoms with Crippen molar-refractivity contribution in [3.8, 4) is 0 Å². The highest BCUT2D eigenvalue weighted by atomic mass is 35.5. The number of aliphatic hydroxyl groups excluding tert-OH is 1. The van der Waals surface area contributed by atoms with Crippen LogP contribution in [0.15, 0.2) is 0 Å². The van der Waals surface area contributed by atoms with Gasteiger partial charge >= 0.3 is 11.9 Å². The van der Waals surface area contributed by atoms with E-state index in [1.165, 1.54) is 0 Å². The van der Waals surface area contributed by atoms with Gasteiger partial charge in [-0.05, 0) is 11.8 Å². The van der Waals surface area contributed by atoms with Crippen molar-refractivity contribution in [1.29, 1.82) is 0 Å². The van der Waals surface area contributed by atoms with Crippen LogP contribution in [0.4, 0.5) is 0 Å². The summed E-state index contributed by atoms with van der Waals surface area (Å²) in [6.07, 6.45) is -1.99. The van der Waals surface area contributed by atoms with E-state index in [-0.39, 0.29) is 25.0 Å². The van der Waals surface area contributed by atoms with Crippen molar-refractivity contribution >= 4 is 35.1 Å². The zero-order chi connectivity index (χ0) is 15.2. The summed E-state index contributed by atoms with van der Waals surface area (Å²) < 4.78 is 7.18. The summed E-state index contributed by atoms with van der Waals surface area (Å²) in [5.74, 6) is -1.96. The third kappa shape index (κ3) is 6.45. The Morgan fingerprint density at radius 1 is 1.05 bits per heavy atom. The highest BCUT2D eigenvalue weighted by Gasteiger charge is 2.48. The van der Waals surface area contributed by atoms with E-state index in [1.54, 1.807) is 0 Å². The van der Waals surface area contributed by atoms with Crippen LogP contribution < -0.4 is 0 Å². The Morgan fingerprint density at radius 2 is 1.47 bits per heavy atom. The smallest absolute Gasteiger partial charge is 0.346 e. The number of rotatable bonds is 7. The molecule has 0 saturated heterocycles. The van der Waals surface area contributed by atoms with Gasteiger partial charge in [-0.15, -0.1) is 0 Å². The van der Waals surface area contributed by atoms with E-state index >= 15 is 0 Å². The van der Waals surface area contributed by atoms with Crippen molar-refractivity contribution in [3.63, 3.8) is 0 Å². The fourth-order valence-corrected chi connectivity index (χ4v) is 1.21. The number of carbonyl (C=O) groups is 2. The van der Waals surface area contributed by atoms with Crippen molar-refractivity contribution in [1.82, 2.24) is 0 Å². The number of hydrogen-bond acceptors (Lipinski definition) is 5. The maximum atomic E-state index is 11.6. The molecule has 0 aliphatic carbocycles. The SMILES string of the molecule is CC(C)COC(=O)C(O)C(Cl)(Cl)C(=O)OCC(C)C. The maximum Gasteiger partial charge on any atom is 0.346 e. The Kier molecular flexibility index (Phi) is 7.71. The molecule has 0 radical (unpaired) electrons. The Hall–Kier alpha value is -0.520. The van der Waals surface area contributed by atoms with Crippen LogP contribution in [0.25, 0.3) is 0 Å². The number of alkyl halides is 2. The molecule has 1 N–H and O–H groups in total. The van der Waals surface area contributed by atoms with Gasteiger partial charge in [0.25, 0.3) is 4.33 Å². The van der Waals surface area contributed by atoms with E-state index in [4.69, 9.17) is 32.7 Å². The minimum absolute atomic E-state index is 0.0816. The summed E-state index contributed by atoms with van der Waals surface area (Å²) in [5, 5.41) is 9.65. The highest BCUT2D eigenvalue weighted by molar-refractivity contribution is 6.59. The molecule has 0 aromatic carbocycles. The van der Waals surface area contributed by atoms with Gasteiger partial charge in [-0.3, -0.25) is 0 Å². The lowest BCUT2D eigenvalue weighted by molar-refractivity contribution is -0.162. The average Bonchev–Trinajstić information content (AvgIpc) is 2.31. The molecule has 5 nitrogen and oxygen atoms in total. The molecule has 0 heterocycles. The Labute approximate surface area is 123 Å². The number of carbonyl (C=O) groups excluding carboxylic acids is 2. The van der Waals surface area contributed by atoms with Crippen LogP contribution in [0.3, 0.4) is 0 Å². The van der Waals surface area contributed by atoms with Gasteiger partial charge in [0.2, 0.25) is 0 Å². The Bertz CT molecular complexity index is 315. The molecular formula is C12H20Cl2O5. The van der Waals surface area contributed by atoms with Crippen LogP contribution in [-0.2, 0) is 19.1 Å². The van der Waals surface area contributed by atoms with Crippen LogP contribution in [0, 0.1) is 11.8 Å². The molecule has 0 fully saturated rings. The molecule has 0 aromatic rings. The van der Waals surface area contributed by atoms with Gasteiger partial charge in [-0.2, -0.15) is 0 Å². The molecule has 1 unspecified atom stereocenters. The van der Waals surface area contributed by atoms with Crippen LogP contribution in [0.1, 0.15) is 27.7 Å². The second kappa shape index (κ2) is 7.92. The van der Waals surface area contributed by atoms with E-state index < -0.39 is 22.4 Å². The predicted octanol–water partition coefficient (Wildman–Crippen LogP) is 1.92. The zero-order valence-electron chi connectivity index (χ0n) is 11.5. The molecule has 112 valence electrons. The summed E-state index contributed by atoms with van der Waals surface area (Å²) in [4.78, 5) is 23.1. The lowest BCUT2D eigenvalue weighted by Crippen LogP contribution is -2.46. The minimum atomic E-state index is -2.37. The molecule has 0 rings (SSSR count). The van der Waals surface area contributed by atoms with Gasteiger partial charge in [0.1, 0.15) is 0 Å². The normalized spacial score (nSPS) is 13.5. The first kappa shape index (κ1) is 18.5. The molecule has 0 saturated carbocycles. The monoisotopic (exact) mass is 314 g/mol. The standard InChI is InChI=1S/C12H20Cl2O5/c1-7(2)5-18-10(16)9(15)12(13,14)11(17)19-6-8(3)4/h7-9,15H,5-6H2,1-4H3. The van der Waals surface area contributed by atoms with Crippen LogP contribution in [0.2, 0.25) is 0 Å². The lowest BCUT2D eigenvalue weighted by Gasteiger charge is -2.23. The third-order valence-corrected chi connectivity index (χ3v) is 2.67. The largest absolute Gasteiger partial charge is 0.463 e. The molecule has 7 heteroatoms. The lowest BCUT2D eigenvalue weighted by atomic mass is 10.2. The quantitative estimate of drug-likeness (QED) is 0.574. The predicted molar refractivity (Wildman–Crippen MR) is 72.0 cm³/mol. The summed E-state index contributed by atoms with van der Waals surface area (Å²) >= 11 is 11.3. The first-order valence-electron chi connectivity index (χ1n) is 5.98. The summed E-state index contributed by atoms with van der Waals surface area (Å²) in [5.41, 5.74) is 0. The first-order valence-corrected chi connectivity index (χ1v) is 6.74. The van der Waals surface area contributed by atoms with Crippen LogP contribution in [-0.4, -0.2) is 40.7 Å². The number of esters is 2. The fourth-order valence-electron chi connectivity index (χ4n) is 0.926. The number of hydrogen-bond donors (Lipinski definition) is 1. The van der Waals surface area contributed by atoms with Crippen LogP contribution >= 0.6 is 23.2 Å². The van der Waals surface area contributed by atoms with Crippen molar-refractivity contribution in [3.05, 3.63) is 0 Å².